The molecule has 4 aromatic rings. The second-order valence-electron chi connectivity index (χ2n) is 5.77. The highest BCUT2D eigenvalue weighted by Crippen LogP contribution is 2.44. The molecule has 0 aliphatic carbocycles. The number of hydrogen-bond donors (Lipinski definition) is 0. The summed E-state index contributed by atoms with van der Waals surface area (Å²) in [4.78, 5) is 3.69. The maximum atomic E-state index is 15.2. The Morgan fingerprint density at radius 3 is 2.62 bits per heavy atom. The quantitative estimate of drug-likeness (QED) is 0.354. The fraction of sp³-hybridized carbons (Fsp3) is 0.100. The Bertz CT molecular complexity index is 1150. The number of aromatic nitrogens is 1. The first kappa shape index (κ1) is 14.4. The Balaban J connectivity index is 2.25. The van der Waals surface area contributed by atoms with E-state index in [1.54, 1.807) is 13.0 Å². The molecule has 4 heteroatoms. The van der Waals surface area contributed by atoms with Gasteiger partial charge in [0.1, 0.15) is 24.0 Å². The SMILES string of the molecule is [C-]#[N+]c1c(-c2cccc[n+]2C)c(C)c(F)c2c1oc1ccccc12. The van der Waals surface area contributed by atoms with E-state index in [1.807, 2.05) is 54.2 Å². The average Bonchev–Trinajstić information content (AvgIpc) is 2.98. The molecule has 0 fully saturated rings. The van der Waals surface area contributed by atoms with Crippen LogP contribution in [0, 0.1) is 19.3 Å². The number of pyridine rings is 1. The summed E-state index contributed by atoms with van der Waals surface area (Å²) in [5.41, 5.74) is 3.07. The summed E-state index contributed by atoms with van der Waals surface area (Å²) in [6.45, 7) is 9.38. The van der Waals surface area contributed by atoms with E-state index in [2.05, 4.69) is 4.85 Å². The van der Waals surface area contributed by atoms with Gasteiger partial charge < -0.3 is 4.42 Å². The fourth-order valence-corrected chi connectivity index (χ4v) is 3.22. The standard InChI is InChI=1S/C20H14FN2O/c1-12-16(14-9-6-7-11-23(14)3)19(22-2)20-17(18(12)21)13-8-4-5-10-15(13)24-20/h4-11H,1,3H3/q+1. The van der Waals surface area contributed by atoms with E-state index >= 15 is 4.39 Å². The molecule has 0 amide bonds. The molecule has 4 rings (SSSR count). The van der Waals surface area contributed by atoms with Gasteiger partial charge in [0, 0.05) is 17.5 Å². The molecule has 24 heavy (non-hydrogen) atoms. The van der Waals surface area contributed by atoms with Gasteiger partial charge in [-0.05, 0) is 24.6 Å². The molecule has 0 N–H and O–H groups in total. The lowest BCUT2D eigenvalue weighted by Crippen LogP contribution is -2.30. The predicted octanol–water partition coefficient (Wildman–Crippen LogP) is 5.08. The van der Waals surface area contributed by atoms with Crippen LogP contribution in [0.2, 0.25) is 0 Å². The number of nitrogens with zero attached hydrogens (tertiary/aromatic N) is 2. The van der Waals surface area contributed by atoms with Crippen LogP contribution in [0.15, 0.2) is 53.1 Å². The van der Waals surface area contributed by atoms with Crippen molar-refractivity contribution in [1.29, 1.82) is 0 Å². The topological polar surface area (TPSA) is 21.4 Å². The molecular formula is C20H14FN2O+. The van der Waals surface area contributed by atoms with E-state index in [0.717, 1.165) is 5.69 Å². The Morgan fingerprint density at radius 2 is 1.88 bits per heavy atom. The zero-order valence-electron chi connectivity index (χ0n) is 13.3. The van der Waals surface area contributed by atoms with Gasteiger partial charge in [0.05, 0.1) is 17.5 Å². The highest BCUT2D eigenvalue weighted by Gasteiger charge is 2.26. The molecular weight excluding hydrogens is 303 g/mol. The number of benzene rings is 2. The summed E-state index contributed by atoms with van der Waals surface area (Å²) in [5.74, 6) is -0.332. The summed E-state index contributed by atoms with van der Waals surface area (Å²) >= 11 is 0. The molecule has 0 bridgehead atoms. The molecule has 0 saturated heterocycles. The molecule has 116 valence electrons. The number of fused-ring (bicyclic) bond motifs is 3. The molecule has 3 nitrogen and oxygen atoms in total. The first-order chi connectivity index (χ1) is 11.6. The van der Waals surface area contributed by atoms with Crippen LogP contribution in [0.25, 0.3) is 38.0 Å². The van der Waals surface area contributed by atoms with Gasteiger partial charge in [-0.2, -0.15) is 0 Å². The van der Waals surface area contributed by atoms with Gasteiger partial charge in [0.25, 0.3) is 0 Å². The number of furan rings is 1. The number of para-hydroxylation sites is 1. The number of halogens is 1. The van der Waals surface area contributed by atoms with E-state index in [9.17, 15) is 0 Å². The third-order valence-electron chi connectivity index (χ3n) is 4.39. The minimum absolute atomic E-state index is 0.313. The number of rotatable bonds is 1. The zero-order chi connectivity index (χ0) is 16.8. The summed E-state index contributed by atoms with van der Waals surface area (Å²) in [6.07, 6.45) is 1.88. The molecule has 0 unspecified atom stereocenters. The first-order valence-electron chi connectivity index (χ1n) is 7.59. The first-order valence-corrected chi connectivity index (χ1v) is 7.59. The predicted molar refractivity (Wildman–Crippen MR) is 91.3 cm³/mol. The summed E-state index contributed by atoms with van der Waals surface area (Å²) in [6, 6.07) is 12.9. The molecule has 0 aliphatic rings. The minimum atomic E-state index is -0.332. The van der Waals surface area contributed by atoms with Crippen molar-refractivity contribution in [2.24, 2.45) is 7.05 Å². The van der Waals surface area contributed by atoms with Crippen LogP contribution in [-0.2, 0) is 7.05 Å². The van der Waals surface area contributed by atoms with Crippen LogP contribution in [0.4, 0.5) is 10.1 Å². The summed E-state index contributed by atoms with van der Waals surface area (Å²) in [7, 11) is 1.88. The number of aryl methyl sites for hydroxylation is 1. The second kappa shape index (κ2) is 5.17. The zero-order valence-corrected chi connectivity index (χ0v) is 13.3. The largest absolute Gasteiger partial charge is 0.467 e. The van der Waals surface area contributed by atoms with E-state index in [1.165, 1.54) is 0 Å². The fourth-order valence-electron chi connectivity index (χ4n) is 3.22. The van der Waals surface area contributed by atoms with Crippen LogP contribution in [-0.4, -0.2) is 0 Å². The Kier molecular flexibility index (Phi) is 3.10. The van der Waals surface area contributed by atoms with Gasteiger partial charge in [-0.25, -0.2) is 13.8 Å². The molecule has 2 aromatic heterocycles. The van der Waals surface area contributed by atoms with Crippen LogP contribution >= 0.6 is 0 Å². The lowest BCUT2D eigenvalue weighted by atomic mass is 9.98. The van der Waals surface area contributed by atoms with Crippen LogP contribution in [0.3, 0.4) is 0 Å². The average molecular weight is 317 g/mol. The van der Waals surface area contributed by atoms with E-state index in [0.29, 0.717) is 38.8 Å². The van der Waals surface area contributed by atoms with Crippen molar-refractivity contribution in [2.45, 2.75) is 6.92 Å². The van der Waals surface area contributed by atoms with Gasteiger partial charge >= 0.3 is 0 Å². The van der Waals surface area contributed by atoms with Crippen LogP contribution < -0.4 is 4.57 Å². The van der Waals surface area contributed by atoms with Crippen molar-refractivity contribution in [1.82, 2.24) is 0 Å². The molecule has 0 spiro atoms. The monoisotopic (exact) mass is 317 g/mol. The van der Waals surface area contributed by atoms with Crippen molar-refractivity contribution in [2.75, 3.05) is 0 Å². The highest BCUT2D eigenvalue weighted by atomic mass is 19.1. The molecule has 0 atom stereocenters. The molecule has 2 aromatic carbocycles. The van der Waals surface area contributed by atoms with Gasteiger partial charge in [0.2, 0.25) is 11.4 Å². The van der Waals surface area contributed by atoms with Crippen molar-refractivity contribution in [3.05, 3.63) is 71.5 Å². The maximum Gasteiger partial charge on any atom is 0.243 e. The van der Waals surface area contributed by atoms with Crippen LogP contribution in [0.5, 0.6) is 0 Å². The van der Waals surface area contributed by atoms with Crippen molar-refractivity contribution >= 4 is 27.6 Å². The lowest BCUT2D eigenvalue weighted by Gasteiger charge is -2.09. The van der Waals surface area contributed by atoms with Crippen LogP contribution in [0.1, 0.15) is 5.56 Å². The molecule has 0 saturated carbocycles. The smallest absolute Gasteiger partial charge is 0.243 e. The Hall–Kier alpha value is -3.19. The summed E-state index contributed by atoms with van der Waals surface area (Å²) in [5, 5.41) is 1.08. The third kappa shape index (κ3) is 1.85. The van der Waals surface area contributed by atoms with Gasteiger partial charge in [-0.15, -0.1) is 0 Å². The van der Waals surface area contributed by atoms with Crippen molar-refractivity contribution in [3.63, 3.8) is 0 Å². The molecule has 0 radical (unpaired) electrons. The van der Waals surface area contributed by atoms with E-state index in [4.69, 9.17) is 11.0 Å². The minimum Gasteiger partial charge on any atom is -0.467 e. The van der Waals surface area contributed by atoms with Gasteiger partial charge in [0.15, 0.2) is 6.20 Å². The van der Waals surface area contributed by atoms with Gasteiger partial charge in [-0.1, -0.05) is 18.2 Å². The van der Waals surface area contributed by atoms with Crippen molar-refractivity contribution in [3.8, 4) is 11.3 Å². The maximum absolute atomic E-state index is 15.2. The Labute approximate surface area is 138 Å². The number of hydrogen-bond acceptors (Lipinski definition) is 1. The third-order valence-corrected chi connectivity index (χ3v) is 4.39. The van der Waals surface area contributed by atoms with Crippen molar-refractivity contribution < 1.29 is 13.4 Å². The van der Waals surface area contributed by atoms with E-state index in [-0.39, 0.29) is 5.82 Å². The highest BCUT2D eigenvalue weighted by molar-refractivity contribution is 6.12. The molecule has 2 heterocycles. The van der Waals surface area contributed by atoms with Gasteiger partial charge in [-0.3, -0.25) is 0 Å². The lowest BCUT2D eigenvalue weighted by molar-refractivity contribution is -0.660. The van der Waals surface area contributed by atoms with E-state index < -0.39 is 0 Å². The second-order valence-corrected chi connectivity index (χ2v) is 5.77. The normalized spacial score (nSPS) is 11.1. The molecule has 0 aliphatic heterocycles. The Morgan fingerprint density at radius 1 is 1.12 bits per heavy atom. The summed E-state index contributed by atoms with van der Waals surface area (Å²) < 4.78 is 22.9.